The van der Waals surface area contributed by atoms with E-state index in [1.807, 2.05) is 13.1 Å². The quantitative estimate of drug-likeness (QED) is 0.510. The van der Waals surface area contributed by atoms with Gasteiger partial charge in [0, 0.05) is 26.3 Å². The summed E-state index contributed by atoms with van der Waals surface area (Å²) < 4.78 is 5.32. The molecule has 0 aromatic rings. The summed E-state index contributed by atoms with van der Waals surface area (Å²) in [4.78, 5) is 0. The van der Waals surface area contributed by atoms with Crippen LogP contribution in [0.3, 0.4) is 0 Å². The Hall–Kier alpha value is -1.07. The molecule has 0 aromatic heterocycles. The van der Waals surface area contributed by atoms with Crippen molar-refractivity contribution in [3.8, 4) is 0 Å². The van der Waals surface area contributed by atoms with Gasteiger partial charge >= 0.3 is 0 Å². The first kappa shape index (κ1) is 10.4. The van der Waals surface area contributed by atoms with Gasteiger partial charge in [0.1, 0.15) is 11.0 Å². The molecule has 0 bridgehead atoms. The summed E-state index contributed by atoms with van der Waals surface area (Å²) in [5.41, 5.74) is 6.73. The highest BCUT2D eigenvalue weighted by Gasteiger charge is 2.19. The normalized spacial score (nSPS) is 24.7. The second kappa shape index (κ2) is 4.63. The molecule has 0 aromatic carbocycles. The molecular weight excluding hydrogens is 216 g/mol. The molecule has 0 amide bonds. The fourth-order valence-corrected chi connectivity index (χ4v) is 1.58. The van der Waals surface area contributed by atoms with Gasteiger partial charge in [0.2, 0.25) is 0 Å². The number of nitrogens with one attached hydrogen (secondary N) is 4. The molecular formula is C9H15ClN4O. The molecule has 0 aliphatic carbocycles. The van der Waals surface area contributed by atoms with Crippen LogP contribution in [0.25, 0.3) is 0 Å². The van der Waals surface area contributed by atoms with Crippen molar-refractivity contribution >= 4 is 11.6 Å². The Balaban J connectivity index is 1.92. The first-order valence-electron chi connectivity index (χ1n) is 4.96. The Labute approximate surface area is 93.9 Å². The fraction of sp³-hybridized carbons (Fsp3) is 0.556. The lowest BCUT2D eigenvalue weighted by molar-refractivity contribution is -0.0473. The van der Waals surface area contributed by atoms with Crippen molar-refractivity contribution in [1.82, 2.24) is 21.5 Å². The minimum atomic E-state index is 0.332. The lowest BCUT2D eigenvalue weighted by Gasteiger charge is -2.29. The summed E-state index contributed by atoms with van der Waals surface area (Å²) >= 11 is 5.82. The molecule has 0 spiro atoms. The third kappa shape index (κ3) is 2.49. The summed E-state index contributed by atoms with van der Waals surface area (Å²) in [6.07, 6.45) is 3.28. The molecule has 2 heterocycles. The minimum Gasteiger partial charge on any atom is -0.385 e. The number of halogens is 1. The molecule has 0 saturated carbocycles. The van der Waals surface area contributed by atoms with Gasteiger partial charge in [0.05, 0.1) is 11.8 Å². The lowest BCUT2D eigenvalue weighted by atomic mass is 10.2. The molecule has 1 atom stereocenters. The molecule has 2 aliphatic rings. The van der Waals surface area contributed by atoms with E-state index in [1.165, 1.54) is 0 Å². The third-order valence-electron chi connectivity index (χ3n) is 2.42. The molecule has 15 heavy (non-hydrogen) atoms. The maximum absolute atomic E-state index is 5.82. The Bertz CT molecular complexity index is 298. The van der Waals surface area contributed by atoms with Crippen LogP contribution in [-0.4, -0.2) is 26.3 Å². The predicted octanol–water partition coefficient (Wildman–Crippen LogP) is -0.0586. The number of hydrogen-bond acceptors (Lipinski definition) is 5. The smallest absolute Gasteiger partial charge is 0.142 e. The van der Waals surface area contributed by atoms with Crippen LogP contribution in [0.1, 0.15) is 6.42 Å². The molecule has 0 unspecified atom stereocenters. The maximum atomic E-state index is 5.82. The highest BCUT2D eigenvalue weighted by molar-refractivity contribution is 6.29. The Kier molecular flexibility index (Phi) is 3.23. The molecule has 1 fully saturated rings. The molecule has 5 nitrogen and oxygen atoms in total. The van der Waals surface area contributed by atoms with Crippen molar-refractivity contribution < 1.29 is 4.74 Å². The largest absolute Gasteiger partial charge is 0.385 e. The van der Waals surface area contributed by atoms with Gasteiger partial charge in [-0.1, -0.05) is 11.6 Å². The van der Waals surface area contributed by atoms with E-state index in [0.717, 1.165) is 31.1 Å². The van der Waals surface area contributed by atoms with Gasteiger partial charge in [-0.25, -0.2) is 0 Å². The molecule has 6 heteroatoms. The van der Waals surface area contributed by atoms with E-state index < -0.39 is 0 Å². The zero-order valence-corrected chi connectivity index (χ0v) is 9.32. The van der Waals surface area contributed by atoms with Gasteiger partial charge in [0.15, 0.2) is 0 Å². The van der Waals surface area contributed by atoms with E-state index in [9.17, 15) is 0 Å². The van der Waals surface area contributed by atoms with E-state index in [-0.39, 0.29) is 0 Å². The summed E-state index contributed by atoms with van der Waals surface area (Å²) in [6, 6.07) is 0. The number of ether oxygens (including phenoxy) is 1. The number of hydrazine groups is 1. The van der Waals surface area contributed by atoms with Gasteiger partial charge in [0.25, 0.3) is 0 Å². The Morgan fingerprint density at radius 3 is 3.00 bits per heavy atom. The van der Waals surface area contributed by atoms with Crippen LogP contribution in [0.4, 0.5) is 0 Å². The van der Waals surface area contributed by atoms with Crippen molar-refractivity contribution in [3.05, 3.63) is 22.8 Å². The monoisotopic (exact) mass is 230 g/mol. The minimum absolute atomic E-state index is 0.332. The highest BCUT2D eigenvalue weighted by Crippen LogP contribution is 2.11. The van der Waals surface area contributed by atoms with Crippen molar-refractivity contribution in [2.24, 2.45) is 0 Å². The second-order valence-corrected chi connectivity index (χ2v) is 3.85. The van der Waals surface area contributed by atoms with E-state index in [0.29, 0.717) is 11.3 Å². The van der Waals surface area contributed by atoms with Gasteiger partial charge in [-0.3, -0.25) is 10.9 Å². The van der Waals surface area contributed by atoms with E-state index in [1.54, 1.807) is 0 Å². The number of allylic oxidation sites excluding steroid dienone is 1. The average molecular weight is 231 g/mol. The first-order chi connectivity index (χ1) is 7.29. The topological polar surface area (TPSA) is 57.4 Å². The standard InChI is InChI=1S/C9H15ClN4O/c1-11-7-4-8(10)13-14-9(7)12-5-6-2-3-15-6/h4,6,11-14H,2-3,5H2,1H3/t6-/m0/s1. The molecule has 84 valence electrons. The van der Waals surface area contributed by atoms with Crippen LogP contribution in [-0.2, 0) is 4.74 Å². The lowest BCUT2D eigenvalue weighted by Crippen LogP contribution is -2.45. The SMILES string of the molecule is CNC1=C(NC[C@@H]2CCO2)NNC(Cl)=C1. The number of rotatable bonds is 4. The van der Waals surface area contributed by atoms with Crippen LogP contribution in [0.5, 0.6) is 0 Å². The van der Waals surface area contributed by atoms with Crippen LogP contribution in [0.2, 0.25) is 0 Å². The van der Waals surface area contributed by atoms with Crippen molar-refractivity contribution in [2.45, 2.75) is 12.5 Å². The van der Waals surface area contributed by atoms with E-state index in [2.05, 4.69) is 21.5 Å². The zero-order valence-electron chi connectivity index (χ0n) is 8.56. The fourth-order valence-electron chi connectivity index (χ4n) is 1.42. The van der Waals surface area contributed by atoms with Gasteiger partial charge in [-0.2, -0.15) is 0 Å². The van der Waals surface area contributed by atoms with Crippen LogP contribution in [0.15, 0.2) is 22.8 Å². The molecule has 0 radical (unpaired) electrons. The molecule has 4 N–H and O–H groups in total. The molecule has 2 rings (SSSR count). The third-order valence-corrected chi connectivity index (χ3v) is 2.62. The number of likely N-dealkylation sites (N-methyl/N-ethyl adjacent to an activating group) is 1. The summed E-state index contributed by atoms with van der Waals surface area (Å²) in [5, 5.41) is 6.88. The van der Waals surface area contributed by atoms with Gasteiger partial charge < -0.3 is 15.4 Å². The van der Waals surface area contributed by atoms with Crippen molar-refractivity contribution in [2.75, 3.05) is 20.2 Å². The van der Waals surface area contributed by atoms with Crippen molar-refractivity contribution in [3.63, 3.8) is 0 Å². The maximum Gasteiger partial charge on any atom is 0.142 e. The summed E-state index contributed by atoms with van der Waals surface area (Å²) in [7, 11) is 1.85. The average Bonchev–Trinajstić information content (AvgIpc) is 2.17. The highest BCUT2D eigenvalue weighted by atomic mass is 35.5. The predicted molar refractivity (Wildman–Crippen MR) is 58.7 cm³/mol. The zero-order chi connectivity index (χ0) is 10.7. The van der Waals surface area contributed by atoms with Crippen LogP contribution < -0.4 is 21.5 Å². The molecule has 1 saturated heterocycles. The van der Waals surface area contributed by atoms with E-state index in [4.69, 9.17) is 16.3 Å². The number of hydrogen-bond donors (Lipinski definition) is 4. The first-order valence-corrected chi connectivity index (χ1v) is 5.34. The van der Waals surface area contributed by atoms with Crippen LogP contribution in [0, 0.1) is 0 Å². The second-order valence-electron chi connectivity index (χ2n) is 3.44. The summed E-state index contributed by atoms with van der Waals surface area (Å²) in [5.74, 6) is 0.886. The van der Waals surface area contributed by atoms with Gasteiger partial charge in [-0.15, -0.1) is 0 Å². The van der Waals surface area contributed by atoms with E-state index >= 15 is 0 Å². The molecule has 2 aliphatic heterocycles. The Morgan fingerprint density at radius 2 is 2.40 bits per heavy atom. The summed E-state index contributed by atoms with van der Waals surface area (Å²) in [6.45, 7) is 1.68. The Morgan fingerprint density at radius 1 is 1.60 bits per heavy atom. The van der Waals surface area contributed by atoms with Crippen LogP contribution >= 0.6 is 11.6 Å². The van der Waals surface area contributed by atoms with Gasteiger partial charge in [-0.05, 0) is 6.42 Å². The van der Waals surface area contributed by atoms with Crippen molar-refractivity contribution in [1.29, 1.82) is 0 Å².